The average Bonchev–Trinajstić information content (AvgIpc) is 3.04. The number of hydrogen-bond acceptors (Lipinski definition) is 1. The van der Waals surface area contributed by atoms with Crippen LogP contribution in [0.1, 0.15) is 61.4 Å². The zero-order valence-corrected chi connectivity index (χ0v) is 18.7. The molecule has 0 radical (unpaired) electrons. The second-order valence-corrected chi connectivity index (χ2v) is 9.95. The first kappa shape index (κ1) is 19.4. The average molecular weight is 429 g/mol. The highest BCUT2D eigenvalue weighted by molar-refractivity contribution is 6.31. The molecule has 3 heteroatoms. The maximum atomic E-state index is 6.36. The van der Waals surface area contributed by atoms with E-state index in [0.29, 0.717) is 12.0 Å². The van der Waals surface area contributed by atoms with E-state index < -0.39 is 0 Å². The largest absolute Gasteiger partial charge is 0.336 e. The van der Waals surface area contributed by atoms with Crippen molar-refractivity contribution in [3.63, 3.8) is 0 Å². The maximum absolute atomic E-state index is 6.36. The molecular weight excluding hydrogens is 400 g/mol. The fraction of sp³-hybridized carbons (Fsp3) is 0.393. The van der Waals surface area contributed by atoms with Gasteiger partial charge in [0.25, 0.3) is 0 Å². The van der Waals surface area contributed by atoms with Crippen molar-refractivity contribution >= 4 is 28.1 Å². The van der Waals surface area contributed by atoms with Crippen molar-refractivity contribution in [1.29, 1.82) is 0 Å². The van der Waals surface area contributed by atoms with Crippen LogP contribution in [0.5, 0.6) is 0 Å². The van der Waals surface area contributed by atoms with Gasteiger partial charge in [-0.25, -0.2) is 0 Å². The van der Waals surface area contributed by atoms with Gasteiger partial charge in [0.05, 0.1) is 11.2 Å². The van der Waals surface area contributed by atoms with Gasteiger partial charge in [-0.1, -0.05) is 54.4 Å². The lowest BCUT2D eigenvalue weighted by atomic mass is 9.76. The minimum Gasteiger partial charge on any atom is -0.336 e. The molecule has 3 aromatic rings. The number of aromatic nitrogens is 2. The fourth-order valence-corrected chi connectivity index (χ4v) is 6.56. The van der Waals surface area contributed by atoms with Crippen LogP contribution in [0, 0.1) is 11.8 Å². The summed E-state index contributed by atoms with van der Waals surface area (Å²) >= 11 is 6.36. The Hall–Kier alpha value is -2.32. The lowest BCUT2D eigenvalue weighted by molar-refractivity contribution is 0.212. The quantitative estimate of drug-likeness (QED) is 0.419. The topological polar surface area (TPSA) is 17.8 Å². The van der Waals surface area contributed by atoms with E-state index in [4.69, 9.17) is 11.6 Å². The van der Waals surface area contributed by atoms with Crippen molar-refractivity contribution in [3.8, 4) is 0 Å². The van der Waals surface area contributed by atoms with Gasteiger partial charge in [-0.3, -0.25) is 4.98 Å². The summed E-state index contributed by atoms with van der Waals surface area (Å²) in [4.78, 5) is 4.46. The second-order valence-electron chi connectivity index (χ2n) is 9.54. The molecule has 3 heterocycles. The smallest absolute Gasteiger partial charge is 0.0524 e. The van der Waals surface area contributed by atoms with Gasteiger partial charge in [0.15, 0.2) is 0 Å². The van der Waals surface area contributed by atoms with Gasteiger partial charge in [-0.2, -0.15) is 0 Å². The first-order chi connectivity index (χ1) is 15.3. The molecule has 31 heavy (non-hydrogen) atoms. The minimum atomic E-state index is 0.578. The van der Waals surface area contributed by atoms with Crippen molar-refractivity contribution < 1.29 is 0 Å². The molecule has 3 atom stereocenters. The Balaban J connectivity index is 1.24. The Bertz CT molecular complexity index is 1180. The van der Waals surface area contributed by atoms with E-state index in [1.54, 1.807) is 0 Å². The van der Waals surface area contributed by atoms with Gasteiger partial charge in [0.1, 0.15) is 0 Å². The van der Waals surface area contributed by atoms with E-state index in [1.807, 2.05) is 18.3 Å². The lowest BCUT2D eigenvalue weighted by Crippen LogP contribution is -2.26. The van der Waals surface area contributed by atoms with E-state index in [2.05, 4.69) is 52.2 Å². The zero-order valence-electron chi connectivity index (χ0n) is 17.9. The van der Waals surface area contributed by atoms with E-state index in [-0.39, 0.29) is 0 Å². The molecule has 0 N–H and O–H groups in total. The van der Waals surface area contributed by atoms with Crippen LogP contribution < -0.4 is 0 Å². The van der Waals surface area contributed by atoms with Crippen LogP contribution in [0.15, 0.2) is 61.0 Å². The summed E-state index contributed by atoms with van der Waals surface area (Å²) in [7, 11) is 0. The SMILES string of the molecule is Clc1ccccc1CCCC1CCC2C(C=CC3=CCCc4c3n2c2ccncc42)C1. The number of allylic oxidation sites excluding steroid dienone is 4. The van der Waals surface area contributed by atoms with E-state index >= 15 is 0 Å². The predicted octanol–water partition coefficient (Wildman–Crippen LogP) is 7.57. The standard InChI is InChI=1S/C28H29ClN2/c29-25-10-2-1-6-20(25)7-3-5-19-11-14-26-22(17-19)13-12-21-8-4-9-23-24-18-30-16-15-27(24)31(26)28(21)23/h1-2,6,8,10,12-13,15-16,18-19,22,26H,3-5,7,9,11,14,17H2. The Morgan fingerprint density at radius 2 is 2.06 bits per heavy atom. The molecular formula is C28H29ClN2. The van der Waals surface area contributed by atoms with Crippen molar-refractivity contribution in [2.24, 2.45) is 11.8 Å². The first-order valence-electron chi connectivity index (χ1n) is 11.9. The van der Waals surface area contributed by atoms with Crippen molar-refractivity contribution in [3.05, 3.63) is 82.8 Å². The molecule has 1 fully saturated rings. The van der Waals surface area contributed by atoms with Gasteiger partial charge >= 0.3 is 0 Å². The monoisotopic (exact) mass is 428 g/mol. The van der Waals surface area contributed by atoms with Crippen LogP contribution >= 0.6 is 11.6 Å². The number of halogens is 1. The van der Waals surface area contributed by atoms with Crippen LogP contribution in [0.4, 0.5) is 0 Å². The van der Waals surface area contributed by atoms with Gasteiger partial charge in [-0.15, -0.1) is 0 Å². The number of aryl methyl sites for hydroxylation is 2. The normalized spacial score (nSPS) is 24.4. The summed E-state index contributed by atoms with van der Waals surface area (Å²) < 4.78 is 2.70. The molecule has 0 bridgehead atoms. The molecule has 2 aliphatic carbocycles. The molecule has 3 aliphatic rings. The number of benzene rings is 1. The molecule has 0 spiro atoms. The van der Waals surface area contributed by atoms with Gasteiger partial charge in [-0.05, 0) is 85.6 Å². The summed E-state index contributed by atoms with van der Waals surface area (Å²) in [5, 5.41) is 2.29. The predicted molar refractivity (Wildman–Crippen MR) is 129 cm³/mol. The third-order valence-corrected chi connectivity index (χ3v) is 8.15. The highest BCUT2D eigenvalue weighted by atomic mass is 35.5. The Morgan fingerprint density at radius 3 is 3.00 bits per heavy atom. The third-order valence-electron chi connectivity index (χ3n) is 7.78. The molecule has 0 amide bonds. The molecule has 1 saturated carbocycles. The van der Waals surface area contributed by atoms with E-state index in [1.165, 1.54) is 65.4 Å². The van der Waals surface area contributed by atoms with Gasteiger partial charge in [0.2, 0.25) is 0 Å². The van der Waals surface area contributed by atoms with E-state index in [9.17, 15) is 0 Å². The molecule has 1 aromatic carbocycles. The maximum Gasteiger partial charge on any atom is 0.0524 e. The highest BCUT2D eigenvalue weighted by Gasteiger charge is 2.35. The number of hydrogen-bond donors (Lipinski definition) is 0. The molecule has 2 aromatic heterocycles. The zero-order chi connectivity index (χ0) is 20.8. The molecule has 6 rings (SSSR count). The van der Waals surface area contributed by atoms with Crippen LogP contribution in [0.25, 0.3) is 16.5 Å². The number of rotatable bonds is 4. The number of pyridine rings is 1. The van der Waals surface area contributed by atoms with Crippen molar-refractivity contribution in [2.45, 2.75) is 57.4 Å². The second kappa shape index (κ2) is 7.98. The first-order valence-corrected chi connectivity index (χ1v) is 12.3. The summed E-state index contributed by atoms with van der Waals surface area (Å²) in [6.07, 6.45) is 21.3. The lowest BCUT2D eigenvalue weighted by Gasteiger charge is -2.36. The fourth-order valence-electron chi connectivity index (χ4n) is 6.33. The van der Waals surface area contributed by atoms with Crippen LogP contribution in [-0.4, -0.2) is 9.55 Å². The Labute approximate surface area is 189 Å². The summed E-state index contributed by atoms with van der Waals surface area (Å²) in [6, 6.07) is 11.1. The van der Waals surface area contributed by atoms with Crippen LogP contribution in [0.3, 0.4) is 0 Å². The number of nitrogens with zero attached hydrogens (tertiary/aromatic N) is 2. The van der Waals surface area contributed by atoms with Crippen molar-refractivity contribution in [1.82, 2.24) is 9.55 Å². The number of fused-ring (bicyclic) bond motifs is 5. The third kappa shape index (κ3) is 3.36. The molecule has 158 valence electrons. The molecule has 0 saturated heterocycles. The molecule has 2 nitrogen and oxygen atoms in total. The van der Waals surface area contributed by atoms with Crippen molar-refractivity contribution in [2.75, 3.05) is 0 Å². The molecule has 3 unspecified atom stereocenters. The van der Waals surface area contributed by atoms with Crippen LogP contribution in [-0.2, 0) is 12.8 Å². The summed E-state index contributed by atoms with van der Waals surface area (Å²) in [5.41, 5.74) is 7.12. The Morgan fingerprint density at radius 1 is 1.13 bits per heavy atom. The summed E-state index contributed by atoms with van der Waals surface area (Å²) in [5.74, 6) is 1.44. The summed E-state index contributed by atoms with van der Waals surface area (Å²) in [6.45, 7) is 0. The van der Waals surface area contributed by atoms with Gasteiger partial charge in [0, 0.05) is 28.8 Å². The highest BCUT2D eigenvalue weighted by Crippen LogP contribution is 2.48. The minimum absolute atomic E-state index is 0.578. The Kier molecular flexibility index (Phi) is 4.99. The molecule has 1 aliphatic heterocycles. The van der Waals surface area contributed by atoms with Crippen LogP contribution in [0.2, 0.25) is 5.02 Å². The van der Waals surface area contributed by atoms with Gasteiger partial charge < -0.3 is 4.57 Å². The van der Waals surface area contributed by atoms with E-state index in [0.717, 1.165) is 30.2 Å².